The van der Waals surface area contributed by atoms with Gasteiger partial charge in [-0.15, -0.1) is 0 Å². The van der Waals surface area contributed by atoms with E-state index in [2.05, 4.69) is 5.32 Å². The molecule has 0 aromatic heterocycles. The summed E-state index contributed by atoms with van der Waals surface area (Å²) < 4.78 is 22.9. The fourth-order valence-corrected chi connectivity index (χ4v) is 2.10. The third-order valence-electron chi connectivity index (χ3n) is 1.99. The largest absolute Gasteiger partial charge is 0.354 e. The van der Waals surface area contributed by atoms with Crippen molar-refractivity contribution >= 4 is 15.7 Å². The van der Waals surface area contributed by atoms with Crippen molar-refractivity contribution in [2.45, 2.75) is 25.5 Å². The van der Waals surface area contributed by atoms with E-state index < -0.39 is 26.7 Å². The van der Waals surface area contributed by atoms with Crippen LogP contribution in [0.4, 0.5) is 0 Å². The van der Waals surface area contributed by atoms with Gasteiger partial charge in [0, 0.05) is 13.1 Å². The number of nitrogens with one attached hydrogen (secondary N) is 1. The first kappa shape index (κ1) is 13.4. The van der Waals surface area contributed by atoms with E-state index in [0.29, 0.717) is 19.5 Å². The van der Waals surface area contributed by atoms with Crippen molar-refractivity contribution < 1.29 is 13.2 Å². The highest BCUT2D eigenvalue weighted by atomic mass is 32.2. The summed E-state index contributed by atoms with van der Waals surface area (Å²) in [6.45, 7) is 4.01. The number of amides is 1. The van der Waals surface area contributed by atoms with Crippen molar-refractivity contribution in [3.63, 3.8) is 0 Å². The van der Waals surface area contributed by atoms with Crippen LogP contribution in [0.1, 0.15) is 20.3 Å². The second kappa shape index (κ2) is 5.98. The minimum Gasteiger partial charge on any atom is -0.354 e. The van der Waals surface area contributed by atoms with Gasteiger partial charge in [0.25, 0.3) is 0 Å². The molecule has 0 heterocycles. The van der Waals surface area contributed by atoms with E-state index >= 15 is 0 Å². The standard InChI is InChI=1S/C8H18N2O3S/c1-3-7(2)14(12,13)6-8(11)10-5-4-9/h7H,3-6,9H2,1-2H3,(H,10,11). The average molecular weight is 222 g/mol. The van der Waals surface area contributed by atoms with Crippen molar-refractivity contribution in [1.82, 2.24) is 5.32 Å². The predicted molar refractivity (Wildman–Crippen MR) is 55.6 cm³/mol. The lowest BCUT2D eigenvalue weighted by Gasteiger charge is -2.10. The van der Waals surface area contributed by atoms with Crippen LogP contribution in [0.3, 0.4) is 0 Å². The third-order valence-corrected chi connectivity index (χ3v) is 4.21. The van der Waals surface area contributed by atoms with Gasteiger partial charge in [-0.2, -0.15) is 0 Å². The van der Waals surface area contributed by atoms with Crippen molar-refractivity contribution in [3.05, 3.63) is 0 Å². The first-order valence-electron chi connectivity index (χ1n) is 4.62. The Kier molecular flexibility index (Phi) is 5.71. The molecule has 0 saturated carbocycles. The van der Waals surface area contributed by atoms with Gasteiger partial charge >= 0.3 is 0 Å². The molecule has 5 nitrogen and oxygen atoms in total. The predicted octanol–water partition coefficient (Wildman–Crippen LogP) is -0.725. The zero-order valence-electron chi connectivity index (χ0n) is 8.62. The summed E-state index contributed by atoms with van der Waals surface area (Å²) in [4.78, 5) is 11.1. The SMILES string of the molecule is CCC(C)S(=O)(=O)CC(=O)NCCN. The molecule has 0 bridgehead atoms. The van der Waals surface area contributed by atoms with Crippen molar-refractivity contribution in [2.24, 2.45) is 5.73 Å². The van der Waals surface area contributed by atoms with Crippen LogP contribution < -0.4 is 11.1 Å². The number of rotatable bonds is 6. The van der Waals surface area contributed by atoms with Gasteiger partial charge in [-0.3, -0.25) is 4.79 Å². The molecule has 0 saturated heterocycles. The molecule has 84 valence electrons. The quantitative estimate of drug-likeness (QED) is 0.620. The maximum atomic E-state index is 11.4. The number of hydrogen-bond donors (Lipinski definition) is 2. The zero-order chi connectivity index (χ0) is 11.2. The normalized spacial score (nSPS) is 13.6. The molecule has 0 aliphatic carbocycles. The van der Waals surface area contributed by atoms with Gasteiger partial charge in [0.05, 0.1) is 5.25 Å². The van der Waals surface area contributed by atoms with Gasteiger partial charge in [0.15, 0.2) is 9.84 Å². The van der Waals surface area contributed by atoms with E-state index in [1.54, 1.807) is 13.8 Å². The highest BCUT2D eigenvalue weighted by Gasteiger charge is 2.22. The summed E-state index contributed by atoms with van der Waals surface area (Å²) in [5.74, 6) is -0.919. The van der Waals surface area contributed by atoms with Gasteiger partial charge < -0.3 is 11.1 Å². The molecule has 1 atom stereocenters. The molecule has 0 radical (unpaired) electrons. The second-order valence-electron chi connectivity index (χ2n) is 3.16. The smallest absolute Gasteiger partial charge is 0.235 e. The van der Waals surface area contributed by atoms with Crippen LogP contribution in [0.2, 0.25) is 0 Å². The Labute approximate surface area is 85.0 Å². The summed E-state index contributed by atoms with van der Waals surface area (Å²) in [7, 11) is -3.29. The fraction of sp³-hybridized carbons (Fsp3) is 0.875. The van der Waals surface area contributed by atoms with Gasteiger partial charge in [0.2, 0.25) is 5.91 Å². The Bertz CT molecular complexity index is 274. The summed E-state index contributed by atoms with van der Waals surface area (Å²) >= 11 is 0. The van der Waals surface area contributed by atoms with Crippen LogP contribution in [0.25, 0.3) is 0 Å². The molecule has 0 aliphatic rings. The number of nitrogens with two attached hydrogens (primary N) is 1. The monoisotopic (exact) mass is 222 g/mol. The molecule has 1 unspecified atom stereocenters. The van der Waals surface area contributed by atoms with Crippen LogP contribution in [-0.2, 0) is 14.6 Å². The highest BCUT2D eigenvalue weighted by molar-refractivity contribution is 7.92. The van der Waals surface area contributed by atoms with Crippen LogP contribution in [-0.4, -0.2) is 38.4 Å². The molecule has 0 aromatic rings. The molecule has 0 aliphatic heterocycles. The van der Waals surface area contributed by atoms with Crippen LogP contribution in [0, 0.1) is 0 Å². The summed E-state index contributed by atoms with van der Waals surface area (Å²) in [6, 6.07) is 0. The summed E-state index contributed by atoms with van der Waals surface area (Å²) in [5.41, 5.74) is 5.16. The molecule has 0 rings (SSSR count). The van der Waals surface area contributed by atoms with E-state index in [0.717, 1.165) is 0 Å². The topological polar surface area (TPSA) is 89.3 Å². The molecule has 1 amide bonds. The van der Waals surface area contributed by atoms with Crippen molar-refractivity contribution in [1.29, 1.82) is 0 Å². The molecule has 0 aromatic carbocycles. The lowest BCUT2D eigenvalue weighted by Crippen LogP contribution is -2.36. The number of hydrogen-bond acceptors (Lipinski definition) is 4. The minimum atomic E-state index is -3.29. The maximum absolute atomic E-state index is 11.4. The molecule has 14 heavy (non-hydrogen) atoms. The first-order valence-corrected chi connectivity index (χ1v) is 6.34. The lowest BCUT2D eigenvalue weighted by atomic mass is 10.4. The van der Waals surface area contributed by atoms with E-state index in [-0.39, 0.29) is 0 Å². The lowest BCUT2D eigenvalue weighted by molar-refractivity contribution is -0.118. The molecule has 3 N–H and O–H groups in total. The van der Waals surface area contributed by atoms with E-state index in [9.17, 15) is 13.2 Å². The zero-order valence-corrected chi connectivity index (χ0v) is 9.43. The van der Waals surface area contributed by atoms with Gasteiger partial charge in [-0.1, -0.05) is 6.92 Å². The number of sulfone groups is 1. The van der Waals surface area contributed by atoms with Crippen LogP contribution in [0.5, 0.6) is 0 Å². The number of carbonyl (C=O) groups excluding carboxylic acids is 1. The molecular formula is C8H18N2O3S. The number of carbonyl (C=O) groups is 1. The Morgan fingerprint density at radius 2 is 2.07 bits per heavy atom. The molecule has 6 heteroatoms. The Morgan fingerprint density at radius 1 is 1.50 bits per heavy atom. The minimum absolute atomic E-state index is 0.314. The van der Waals surface area contributed by atoms with E-state index in [4.69, 9.17) is 5.73 Å². The first-order chi connectivity index (χ1) is 6.44. The molecule has 0 spiro atoms. The fourth-order valence-electron chi connectivity index (χ4n) is 0.842. The van der Waals surface area contributed by atoms with Gasteiger partial charge in [0.1, 0.15) is 5.75 Å². The third kappa shape index (κ3) is 4.57. The van der Waals surface area contributed by atoms with Crippen molar-refractivity contribution in [3.8, 4) is 0 Å². The molecular weight excluding hydrogens is 204 g/mol. The Morgan fingerprint density at radius 3 is 2.50 bits per heavy atom. The highest BCUT2D eigenvalue weighted by Crippen LogP contribution is 2.05. The van der Waals surface area contributed by atoms with Crippen LogP contribution >= 0.6 is 0 Å². The van der Waals surface area contributed by atoms with E-state index in [1.165, 1.54) is 0 Å². The average Bonchev–Trinajstić information content (AvgIpc) is 2.12. The Balaban J connectivity index is 4.16. The van der Waals surface area contributed by atoms with Gasteiger partial charge in [-0.05, 0) is 13.3 Å². The summed E-state index contributed by atoms with van der Waals surface area (Å²) in [6.07, 6.45) is 0.520. The van der Waals surface area contributed by atoms with E-state index in [1.807, 2.05) is 0 Å². The molecule has 0 fully saturated rings. The van der Waals surface area contributed by atoms with Crippen LogP contribution in [0.15, 0.2) is 0 Å². The van der Waals surface area contributed by atoms with Gasteiger partial charge in [-0.25, -0.2) is 8.42 Å². The Hall–Kier alpha value is -0.620. The summed E-state index contributed by atoms with van der Waals surface area (Å²) in [5, 5.41) is 1.96. The van der Waals surface area contributed by atoms with Crippen molar-refractivity contribution in [2.75, 3.05) is 18.8 Å². The second-order valence-corrected chi connectivity index (χ2v) is 5.58. The maximum Gasteiger partial charge on any atom is 0.235 e.